The van der Waals surface area contributed by atoms with Gasteiger partial charge in [-0.1, -0.05) is 13.3 Å². The molecule has 2 atom stereocenters. The van der Waals surface area contributed by atoms with Gasteiger partial charge in [0.05, 0.1) is 12.0 Å². The van der Waals surface area contributed by atoms with E-state index in [9.17, 15) is 5.11 Å². The van der Waals surface area contributed by atoms with E-state index in [0.717, 1.165) is 18.5 Å². The maximum absolute atomic E-state index is 9.85. The smallest absolute Gasteiger partial charge is 0.123 e. The zero-order valence-electron chi connectivity index (χ0n) is 8.40. The van der Waals surface area contributed by atoms with Gasteiger partial charge < -0.3 is 5.11 Å². The van der Waals surface area contributed by atoms with E-state index in [1.54, 1.807) is 0 Å². The molecule has 0 aliphatic heterocycles. The van der Waals surface area contributed by atoms with Gasteiger partial charge in [-0.2, -0.15) is 5.26 Å². The maximum Gasteiger partial charge on any atom is 0.123 e. The fourth-order valence-corrected chi connectivity index (χ4v) is 2.13. The number of aromatic nitrogens is 1. The average Bonchev–Trinajstić information content (AvgIpc) is 2.60. The van der Waals surface area contributed by atoms with Crippen LogP contribution in [0.4, 0.5) is 0 Å². The van der Waals surface area contributed by atoms with Crippen LogP contribution in [0.5, 0.6) is 0 Å². The van der Waals surface area contributed by atoms with E-state index < -0.39 is 6.10 Å². The Labute approximate surface area is 88.0 Å². The van der Waals surface area contributed by atoms with E-state index in [2.05, 4.69) is 11.1 Å². The predicted octanol–water partition coefficient (Wildman–Crippen LogP) is 2.42. The third-order valence-corrected chi connectivity index (χ3v) is 3.07. The van der Waals surface area contributed by atoms with Gasteiger partial charge in [0.1, 0.15) is 11.1 Å². The van der Waals surface area contributed by atoms with Gasteiger partial charge in [-0.15, -0.1) is 11.3 Å². The molecule has 0 radical (unpaired) electrons. The molecule has 1 aromatic heterocycles. The second kappa shape index (κ2) is 5.08. The molecule has 14 heavy (non-hydrogen) atoms. The Morgan fingerprint density at radius 1 is 1.71 bits per heavy atom. The molecule has 2 unspecified atom stereocenters. The van der Waals surface area contributed by atoms with Crippen LogP contribution < -0.4 is 0 Å². The van der Waals surface area contributed by atoms with Crippen molar-refractivity contribution in [3.05, 3.63) is 16.1 Å². The number of thiazole rings is 1. The van der Waals surface area contributed by atoms with Crippen LogP contribution in [-0.2, 0) is 0 Å². The minimum Gasteiger partial charge on any atom is -0.385 e. The second-order valence-corrected chi connectivity index (χ2v) is 4.19. The van der Waals surface area contributed by atoms with Gasteiger partial charge in [0.2, 0.25) is 0 Å². The summed E-state index contributed by atoms with van der Waals surface area (Å²) in [6.45, 7) is 3.89. The van der Waals surface area contributed by atoms with Gasteiger partial charge in [-0.25, -0.2) is 4.98 Å². The van der Waals surface area contributed by atoms with Crippen LogP contribution in [0.25, 0.3) is 0 Å². The first kappa shape index (κ1) is 11.2. The van der Waals surface area contributed by atoms with Crippen LogP contribution in [0.15, 0.2) is 5.38 Å². The van der Waals surface area contributed by atoms with Crippen molar-refractivity contribution in [3.63, 3.8) is 0 Å². The van der Waals surface area contributed by atoms with Gasteiger partial charge in [0.15, 0.2) is 0 Å². The minimum atomic E-state index is -0.723. The number of aliphatic hydroxyl groups is 1. The molecule has 1 heterocycles. The highest BCUT2D eigenvalue weighted by atomic mass is 32.1. The Bertz CT molecular complexity index is 329. The Kier molecular flexibility index (Phi) is 4.05. The van der Waals surface area contributed by atoms with Gasteiger partial charge >= 0.3 is 0 Å². The molecule has 0 fully saturated rings. The number of hydrogen-bond donors (Lipinski definition) is 1. The molecule has 1 rings (SSSR count). The zero-order chi connectivity index (χ0) is 10.6. The molecule has 0 aliphatic rings. The van der Waals surface area contributed by atoms with Crippen molar-refractivity contribution in [1.82, 2.24) is 4.98 Å². The first-order valence-electron chi connectivity index (χ1n) is 4.68. The standard InChI is InChI=1S/C10H14N2OS/c1-3-4-8(5-11)9(13)10-12-7(2)6-14-10/h6,8-9,13H,3-4H2,1-2H3. The monoisotopic (exact) mass is 210 g/mol. The number of nitriles is 1. The molecule has 0 amide bonds. The van der Waals surface area contributed by atoms with E-state index in [-0.39, 0.29) is 5.92 Å². The number of aryl methyl sites for hydroxylation is 1. The highest BCUT2D eigenvalue weighted by Gasteiger charge is 2.22. The van der Waals surface area contributed by atoms with Crippen LogP contribution in [0.2, 0.25) is 0 Å². The first-order chi connectivity index (χ1) is 6.69. The lowest BCUT2D eigenvalue weighted by Crippen LogP contribution is -2.10. The average molecular weight is 210 g/mol. The zero-order valence-corrected chi connectivity index (χ0v) is 9.21. The quantitative estimate of drug-likeness (QED) is 0.830. The third-order valence-electron chi connectivity index (χ3n) is 2.04. The van der Waals surface area contributed by atoms with Crippen molar-refractivity contribution >= 4 is 11.3 Å². The summed E-state index contributed by atoms with van der Waals surface area (Å²) in [5.74, 6) is -0.328. The van der Waals surface area contributed by atoms with E-state index in [0.29, 0.717) is 5.01 Å². The van der Waals surface area contributed by atoms with Gasteiger partial charge in [-0.05, 0) is 13.3 Å². The molecule has 76 valence electrons. The van der Waals surface area contributed by atoms with Gasteiger partial charge in [-0.3, -0.25) is 0 Å². The van der Waals surface area contributed by atoms with E-state index in [1.807, 2.05) is 19.2 Å². The minimum absolute atomic E-state index is 0.328. The number of rotatable bonds is 4. The van der Waals surface area contributed by atoms with Crippen molar-refractivity contribution in [1.29, 1.82) is 5.26 Å². The molecule has 0 saturated carbocycles. The Morgan fingerprint density at radius 3 is 2.86 bits per heavy atom. The number of aliphatic hydroxyl groups excluding tert-OH is 1. The summed E-state index contributed by atoms with van der Waals surface area (Å²) < 4.78 is 0. The molecule has 1 N–H and O–H groups in total. The lowest BCUT2D eigenvalue weighted by molar-refractivity contribution is 0.129. The molecule has 0 aromatic carbocycles. The van der Waals surface area contributed by atoms with E-state index >= 15 is 0 Å². The van der Waals surface area contributed by atoms with Crippen molar-refractivity contribution in [2.75, 3.05) is 0 Å². The molecule has 0 bridgehead atoms. The molecule has 3 nitrogen and oxygen atoms in total. The van der Waals surface area contributed by atoms with E-state index in [4.69, 9.17) is 5.26 Å². The molecule has 0 aliphatic carbocycles. The van der Waals surface area contributed by atoms with Gasteiger partial charge in [0, 0.05) is 11.1 Å². The Balaban J connectivity index is 2.73. The molecule has 0 saturated heterocycles. The summed E-state index contributed by atoms with van der Waals surface area (Å²) in [5, 5.41) is 21.3. The summed E-state index contributed by atoms with van der Waals surface area (Å²) in [7, 11) is 0. The molecule has 4 heteroatoms. The van der Waals surface area contributed by atoms with Crippen LogP contribution in [0.3, 0.4) is 0 Å². The topological polar surface area (TPSA) is 56.9 Å². The lowest BCUT2D eigenvalue weighted by atomic mass is 9.99. The van der Waals surface area contributed by atoms with Crippen molar-refractivity contribution in [2.45, 2.75) is 32.8 Å². The SMILES string of the molecule is CCCC(C#N)C(O)c1nc(C)cs1. The highest BCUT2D eigenvalue weighted by Crippen LogP contribution is 2.27. The highest BCUT2D eigenvalue weighted by molar-refractivity contribution is 7.09. The molecule has 1 aromatic rings. The Hall–Kier alpha value is -0.920. The van der Waals surface area contributed by atoms with E-state index in [1.165, 1.54) is 11.3 Å². The van der Waals surface area contributed by atoms with Crippen LogP contribution in [-0.4, -0.2) is 10.1 Å². The summed E-state index contributed by atoms with van der Waals surface area (Å²) >= 11 is 1.41. The maximum atomic E-state index is 9.85. The van der Waals surface area contributed by atoms with Gasteiger partial charge in [0.25, 0.3) is 0 Å². The van der Waals surface area contributed by atoms with Crippen LogP contribution >= 0.6 is 11.3 Å². The third kappa shape index (κ3) is 2.53. The molecular formula is C10H14N2OS. The lowest BCUT2D eigenvalue weighted by Gasteiger charge is -2.12. The van der Waals surface area contributed by atoms with Crippen LogP contribution in [0.1, 0.15) is 36.6 Å². The fourth-order valence-electron chi connectivity index (χ4n) is 1.28. The fraction of sp³-hybridized carbons (Fsp3) is 0.600. The van der Waals surface area contributed by atoms with Crippen molar-refractivity contribution in [3.8, 4) is 6.07 Å². The number of nitrogens with zero attached hydrogens (tertiary/aromatic N) is 2. The molecular weight excluding hydrogens is 196 g/mol. The van der Waals surface area contributed by atoms with Crippen molar-refractivity contribution in [2.24, 2.45) is 5.92 Å². The van der Waals surface area contributed by atoms with Crippen molar-refractivity contribution < 1.29 is 5.11 Å². The summed E-state index contributed by atoms with van der Waals surface area (Å²) in [6.07, 6.45) is 0.897. The second-order valence-electron chi connectivity index (χ2n) is 3.30. The predicted molar refractivity (Wildman–Crippen MR) is 55.8 cm³/mol. The summed E-state index contributed by atoms with van der Waals surface area (Å²) in [6, 6.07) is 2.13. The first-order valence-corrected chi connectivity index (χ1v) is 5.56. The summed E-state index contributed by atoms with van der Waals surface area (Å²) in [5.41, 5.74) is 0.900. The summed E-state index contributed by atoms with van der Waals surface area (Å²) in [4.78, 5) is 4.18. The Morgan fingerprint density at radius 2 is 2.43 bits per heavy atom. The normalized spacial score (nSPS) is 14.7. The molecule has 0 spiro atoms. The number of hydrogen-bond acceptors (Lipinski definition) is 4. The largest absolute Gasteiger partial charge is 0.385 e. The van der Waals surface area contributed by atoms with Crippen LogP contribution in [0, 0.1) is 24.2 Å².